The van der Waals surface area contributed by atoms with E-state index in [4.69, 9.17) is 0 Å². The minimum Gasteiger partial charge on any atom is -0.722 e. The van der Waals surface area contributed by atoms with Crippen LogP contribution in [0.3, 0.4) is 0 Å². The Bertz CT molecular complexity index is 389. The highest BCUT2D eigenvalue weighted by atomic mass is 16.5. The Labute approximate surface area is 84.0 Å². The number of hydrogen-bond acceptors (Lipinski definition) is 0. The molecule has 0 aliphatic carbocycles. The summed E-state index contributed by atoms with van der Waals surface area (Å²) in [6, 6.07) is 18.3. The van der Waals surface area contributed by atoms with Crippen molar-refractivity contribution in [2.24, 2.45) is 0 Å². The molecule has 2 rings (SSSR count). The first-order valence-corrected chi connectivity index (χ1v) is 4.52. The van der Waals surface area contributed by atoms with Crippen LogP contribution in [0.15, 0.2) is 54.6 Å². The van der Waals surface area contributed by atoms with Crippen LogP contribution >= 0.6 is 0 Å². The monoisotopic (exact) mass is 184 g/mol. The highest BCUT2D eigenvalue weighted by molar-refractivity contribution is 5.63. The summed E-state index contributed by atoms with van der Waals surface area (Å²) in [6.07, 6.45) is 0. The molecule has 70 valence electrons. The fourth-order valence-electron chi connectivity index (χ4n) is 1.39. The highest BCUT2D eigenvalue weighted by Crippen LogP contribution is 2.21. The zero-order valence-corrected chi connectivity index (χ0v) is 7.85. The standard InChI is InChI=1S/C13H12O/c1-14-13-9-7-12(8-10-13)11-5-3-2-4-6-11/h2-10,14H,1H2. The van der Waals surface area contributed by atoms with Gasteiger partial charge in [-0.2, -0.15) is 0 Å². The molecule has 0 aliphatic rings. The Balaban J connectivity index is 2.34. The molecule has 2 aromatic carbocycles. The molecule has 1 nitrogen and oxygen atoms in total. The van der Waals surface area contributed by atoms with Crippen molar-refractivity contribution in [3.63, 3.8) is 0 Å². The van der Waals surface area contributed by atoms with Gasteiger partial charge in [-0.1, -0.05) is 30.3 Å². The van der Waals surface area contributed by atoms with Crippen LogP contribution in [0, 0.1) is 7.11 Å². The van der Waals surface area contributed by atoms with Crippen LogP contribution < -0.4 is 0 Å². The van der Waals surface area contributed by atoms with E-state index in [0.717, 1.165) is 5.75 Å². The third-order valence-electron chi connectivity index (χ3n) is 2.16. The number of aliphatic hydroxyl groups is 1. The molecule has 0 fully saturated rings. The normalized spacial score (nSPS) is 9.79. The molecule has 0 bridgehead atoms. The van der Waals surface area contributed by atoms with Gasteiger partial charge < -0.3 is 4.74 Å². The summed E-state index contributed by atoms with van der Waals surface area (Å²) >= 11 is 0. The maximum absolute atomic E-state index is 3.86. The van der Waals surface area contributed by atoms with Crippen LogP contribution in [-0.2, 0) is 0 Å². The lowest BCUT2D eigenvalue weighted by Crippen LogP contribution is -1.77. The van der Waals surface area contributed by atoms with Crippen LogP contribution in [0.1, 0.15) is 0 Å². The number of rotatable bonds is 2. The molecule has 0 amide bonds. The van der Waals surface area contributed by atoms with E-state index < -0.39 is 0 Å². The van der Waals surface area contributed by atoms with Crippen LogP contribution in [0.4, 0.5) is 0 Å². The fourth-order valence-corrected chi connectivity index (χ4v) is 1.39. The van der Waals surface area contributed by atoms with E-state index in [1.165, 1.54) is 11.1 Å². The van der Waals surface area contributed by atoms with Crippen LogP contribution in [0.2, 0.25) is 0 Å². The Morgan fingerprint density at radius 2 is 1.29 bits per heavy atom. The van der Waals surface area contributed by atoms with Crippen LogP contribution in [0.25, 0.3) is 11.1 Å². The highest BCUT2D eigenvalue weighted by Gasteiger charge is 1.97. The molecular formula is C13H12O. The Kier molecular flexibility index (Phi) is 2.50. The van der Waals surface area contributed by atoms with Crippen LogP contribution in [-0.4, -0.2) is 4.74 Å². The van der Waals surface area contributed by atoms with Crippen molar-refractivity contribution in [3.8, 4) is 16.9 Å². The second-order valence-corrected chi connectivity index (χ2v) is 3.07. The predicted octanol–water partition coefficient (Wildman–Crippen LogP) is 3.39. The van der Waals surface area contributed by atoms with Crippen molar-refractivity contribution in [1.29, 1.82) is 0 Å². The van der Waals surface area contributed by atoms with Crippen molar-refractivity contribution in [3.05, 3.63) is 61.7 Å². The van der Waals surface area contributed by atoms with E-state index in [9.17, 15) is 0 Å². The minimum absolute atomic E-state index is 0.907. The molecule has 1 N–H and O–H groups in total. The lowest BCUT2D eigenvalue weighted by Gasteiger charge is -2.04. The van der Waals surface area contributed by atoms with Gasteiger partial charge in [0.1, 0.15) is 0 Å². The van der Waals surface area contributed by atoms with Gasteiger partial charge in [0.05, 0.1) is 0 Å². The topological polar surface area (TPSA) is 12.8 Å². The maximum Gasteiger partial charge on any atom is 0.225 e. The Hall–Kier alpha value is -1.76. The number of aromatic hydroxyl groups is 1. The third kappa shape index (κ3) is 1.77. The van der Waals surface area contributed by atoms with E-state index in [2.05, 4.69) is 36.1 Å². The zero-order chi connectivity index (χ0) is 9.80. The molecule has 2 aromatic rings. The number of ether oxygens (including phenoxy) is 1. The second-order valence-electron chi connectivity index (χ2n) is 3.07. The van der Waals surface area contributed by atoms with Gasteiger partial charge in [-0.25, -0.2) is 0 Å². The fraction of sp³-hybridized carbons (Fsp3) is 0. The summed E-state index contributed by atoms with van der Waals surface area (Å²) in [7, 11) is 3.48. The first kappa shape index (κ1) is 8.82. The summed E-state index contributed by atoms with van der Waals surface area (Å²) in [5, 5.41) is 0. The molecule has 14 heavy (non-hydrogen) atoms. The average molecular weight is 184 g/mol. The van der Waals surface area contributed by atoms with Crippen molar-refractivity contribution in [2.75, 3.05) is 0 Å². The largest absolute Gasteiger partial charge is 0.722 e. The van der Waals surface area contributed by atoms with Crippen molar-refractivity contribution >= 4 is 0 Å². The van der Waals surface area contributed by atoms with Gasteiger partial charge >= 0.3 is 0 Å². The number of benzene rings is 2. The van der Waals surface area contributed by atoms with E-state index in [1.807, 2.05) is 30.3 Å². The zero-order valence-electron chi connectivity index (χ0n) is 7.85. The summed E-state index contributed by atoms with van der Waals surface area (Å²) in [4.78, 5) is 0. The van der Waals surface area contributed by atoms with Gasteiger partial charge in [0, 0.05) is 12.1 Å². The Morgan fingerprint density at radius 3 is 1.86 bits per heavy atom. The minimum atomic E-state index is 0.907. The lowest BCUT2D eigenvalue weighted by atomic mass is 10.1. The molecule has 0 aromatic heterocycles. The smallest absolute Gasteiger partial charge is 0.225 e. The van der Waals surface area contributed by atoms with Gasteiger partial charge in [-0.05, 0) is 30.4 Å². The molecule has 0 aliphatic heterocycles. The van der Waals surface area contributed by atoms with E-state index in [0.29, 0.717) is 0 Å². The molecule has 0 spiro atoms. The van der Waals surface area contributed by atoms with E-state index in [1.54, 1.807) is 0 Å². The molecule has 0 saturated carbocycles. The molecule has 0 heterocycles. The number of hydrogen-bond donors (Lipinski definition) is 0. The Morgan fingerprint density at radius 1 is 0.714 bits per heavy atom. The summed E-state index contributed by atoms with van der Waals surface area (Å²) < 4.78 is 3.86. The summed E-state index contributed by atoms with van der Waals surface area (Å²) in [5.41, 5.74) is 2.43. The van der Waals surface area contributed by atoms with Gasteiger partial charge in [0.15, 0.2) is 0 Å². The molecule has 0 saturated heterocycles. The average Bonchev–Trinajstić information content (AvgIpc) is 2.30. The van der Waals surface area contributed by atoms with Gasteiger partial charge in [-0.3, -0.25) is 0 Å². The second kappa shape index (κ2) is 3.97. The first-order valence-electron chi connectivity index (χ1n) is 4.52. The van der Waals surface area contributed by atoms with E-state index in [-0.39, 0.29) is 0 Å². The maximum atomic E-state index is 3.86. The van der Waals surface area contributed by atoms with Crippen molar-refractivity contribution < 1.29 is 4.74 Å². The molecule has 0 atom stereocenters. The molecule has 0 unspecified atom stereocenters. The summed E-state index contributed by atoms with van der Waals surface area (Å²) in [5.74, 6) is 0.907. The quantitative estimate of drug-likeness (QED) is 0.501. The summed E-state index contributed by atoms with van der Waals surface area (Å²) in [6.45, 7) is 0. The van der Waals surface area contributed by atoms with E-state index >= 15 is 0 Å². The van der Waals surface area contributed by atoms with Gasteiger partial charge in [0.2, 0.25) is 5.75 Å². The molecular weight excluding hydrogens is 172 g/mol. The predicted molar refractivity (Wildman–Crippen MR) is 58.9 cm³/mol. The third-order valence-corrected chi connectivity index (χ3v) is 2.16. The SMILES string of the molecule is [CH2-][OH+]c1ccc(-c2ccccc2)cc1. The molecule has 1 heteroatoms. The van der Waals surface area contributed by atoms with Crippen molar-refractivity contribution in [1.82, 2.24) is 0 Å². The molecule has 0 radical (unpaired) electrons. The lowest BCUT2D eigenvalue weighted by molar-refractivity contribution is 0.186. The van der Waals surface area contributed by atoms with Gasteiger partial charge in [0.25, 0.3) is 0 Å². The first-order chi connectivity index (χ1) is 6.90. The van der Waals surface area contributed by atoms with Gasteiger partial charge in [-0.15, -0.1) is 0 Å². The van der Waals surface area contributed by atoms with Crippen molar-refractivity contribution in [2.45, 2.75) is 0 Å². The van der Waals surface area contributed by atoms with Crippen LogP contribution in [0.5, 0.6) is 5.75 Å².